The Morgan fingerprint density at radius 3 is 2.81 bits per heavy atom. The van der Waals surface area contributed by atoms with Crippen LogP contribution in [0.4, 0.5) is 5.69 Å². The van der Waals surface area contributed by atoms with E-state index in [-0.39, 0.29) is 5.91 Å². The maximum absolute atomic E-state index is 12.5. The number of hydrogen-bond donors (Lipinski definition) is 2. The van der Waals surface area contributed by atoms with Gasteiger partial charge in [0.1, 0.15) is 0 Å². The predicted molar refractivity (Wildman–Crippen MR) is 106 cm³/mol. The van der Waals surface area contributed by atoms with Gasteiger partial charge in [-0.3, -0.25) is 4.79 Å². The molecule has 132 valence electrons. The average molecular weight is 363 g/mol. The maximum Gasteiger partial charge on any atom is 0.255 e. The summed E-state index contributed by atoms with van der Waals surface area (Å²) < 4.78 is 1.03. The fraction of sp³-hybridized carbons (Fsp3) is 0.333. The fourth-order valence-corrected chi connectivity index (χ4v) is 4.16. The molecule has 4 nitrogen and oxygen atoms in total. The van der Waals surface area contributed by atoms with Crippen molar-refractivity contribution in [3.8, 4) is 0 Å². The number of carbonyl (C=O) groups is 1. The van der Waals surface area contributed by atoms with Crippen molar-refractivity contribution < 1.29 is 4.79 Å². The van der Waals surface area contributed by atoms with Crippen LogP contribution in [0.5, 0.6) is 0 Å². The summed E-state index contributed by atoms with van der Waals surface area (Å²) in [7, 11) is 0. The minimum absolute atomic E-state index is 0.0801. The van der Waals surface area contributed by atoms with Crippen LogP contribution in [0.2, 0.25) is 0 Å². The van der Waals surface area contributed by atoms with Gasteiger partial charge in [-0.05, 0) is 67.6 Å². The normalized spacial score (nSPS) is 21.7. The number of rotatable bonds is 6. The van der Waals surface area contributed by atoms with Crippen molar-refractivity contribution in [3.05, 3.63) is 59.1 Å². The topological polar surface area (TPSA) is 54.0 Å². The second kappa shape index (κ2) is 6.49. The Kier molecular flexibility index (Phi) is 3.98. The van der Waals surface area contributed by atoms with Crippen LogP contribution in [0.25, 0.3) is 10.2 Å². The molecule has 0 aliphatic heterocycles. The van der Waals surface area contributed by atoms with Crippen LogP contribution in [0, 0.1) is 5.92 Å². The van der Waals surface area contributed by atoms with E-state index < -0.39 is 0 Å². The molecule has 0 spiro atoms. The van der Waals surface area contributed by atoms with E-state index in [4.69, 9.17) is 0 Å². The van der Waals surface area contributed by atoms with E-state index in [0.717, 1.165) is 21.8 Å². The van der Waals surface area contributed by atoms with Gasteiger partial charge in [-0.15, -0.1) is 11.3 Å². The zero-order chi connectivity index (χ0) is 17.5. The Hall–Kier alpha value is -2.24. The average Bonchev–Trinajstić information content (AvgIpc) is 3.57. The molecule has 2 aliphatic rings. The van der Waals surface area contributed by atoms with Gasteiger partial charge in [0.2, 0.25) is 0 Å². The highest BCUT2D eigenvalue weighted by Gasteiger charge is 2.38. The lowest BCUT2D eigenvalue weighted by Gasteiger charge is -2.07. The van der Waals surface area contributed by atoms with E-state index in [1.807, 2.05) is 30.3 Å². The van der Waals surface area contributed by atoms with Crippen LogP contribution in [-0.2, 0) is 0 Å². The number of nitrogens with one attached hydrogen (secondary N) is 2. The van der Waals surface area contributed by atoms with Crippen molar-refractivity contribution in [1.29, 1.82) is 0 Å². The van der Waals surface area contributed by atoms with Crippen molar-refractivity contribution >= 4 is 33.1 Å². The van der Waals surface area contributed by atoms with Gasteiger partial charge in [0.25, 0.3) is 5.91 Å². The summed E-state index contributed by atoms with van der Waals surface area (Å²) in [5.74, 6) is 1.48. The van der Waals surface area contributed by atoms with Gasteiger partial charge in [-0.2, -0.15) is 0 Å². The first kappa shape index (κ1) is 16.0. The summed E-state index contributed by atoms with van der Waals surface area (Å²) in [6.07, 6.45) is 4.02. The molecule has 26 heavy (non-hydrogen) atoms. The molecule has 3 aromatic rings. The number of anilines is 1. The molecule has 2 saturated carbocycles. The summed E-state index contributed by atoms with van der Waals surface area (Å²) in [5, 5.41) is 6.66. The third kappa shape index (κ3) is 3.37. The highest BCUT2D eigenvalue weighted by atomic mass is 32.1. The molecule has 2 aliphatic carbocycles. The zero-order valence-electron chi connectivity index (χ0n) is 14.4. The molecule has 5 heteroatoms. The molecule has 1 heterocycles. The van der Waals surface area contributed by atoms with Crippen LogP contribution in [0.1, 0.15) is 41.1 Å². The Bertz CT molecular complexity index is 945. The second-order valence-corrected chi connectivity index (χ2v) is 8.30. The quantitative estimate of drug-likeness (QED) is 0.682. The number of aromatic nitrogens is 1. The summed E-state index contributed by atoms with van der Waals surface area (Å²) in [6.45, 7) is 1.18. The Morgan fingerprint density at radius 1 is 1.15 bits per heavy atom. The summed E-state index contributed by atoms with van der Waals surface area (Å²) in [6, 6.07) is 14.6. The zero-order valence-corrected chi connectivity index (χ0v) is 15.3. The van der Waals surface area contributed by atoms with Gasteiger partial charge in [-0.1, -0.05) is 12.1 Å². The second-order valence-electron chi connectivity index (χ2n) is 7.41. The van der Waals surface area contributed by atoms with Crippen LogP contribution >= 0.6 is 11.3 Å². The molecule has 2 unspecified atom stereocenters. The molecule has 2 atom stereocenters. The highest BCUT2D eigenvalue weighted by Crippen LogP contribution is 2.41. The first-order chi connectivity index (χ1) is 12.8. The molecular formula is C21H21N3OS. The van der Waals surface area contributed by atoms with Gasteiger partial charge >= 0.3 is 0 Å². The van der Waals surface area contributed by atoms with Gasteiger partial charge in [0.15, 0.2) is 0 Å². The van der Waals surface area contributed by atoms with Crippen LogP contribution in [-0.4, -0.2) is 23.5 Å². The van der Waals surface area contributed by atoms with Crippen LogP contribution in [0.15, 0.2) is 48.0 Å². The number of nitrogens with zero attached hydrogens (tertiary/aromatic N) is 1. The van der Waals surface area contributed by atoms with Gasteiger partial charge < -0.3 is 10.6 Å². The first-order valence-electron chi connectivity index (χ1n) is 9.24. The lowest BCUT2D eigenvalue weighted by molar-refractivity contribution is 0.102. The van der Waals surface area contributed by atoms with E-state index in [9.17, 15) is 4.79 Å². The van der Waals surface area contributed by atoms with E-state index >= 15 is 0 Å². The summed E-state index contributed by atoms with van der Waals surface area (Å²) in [5.41, 5.74) is 5.60. The van der Waals surface area contributed by atoms with Gasteiger partial charge in [0.05, 0.1) is 15.7 Å². The monoisotopic (exact) mass is 363 g/mol. The number of fused-ring (bicyclic) bond motifs is 1. The molecule has 0 bridgehead atoms. The maximum atomic E-state index is 12.5. The Labute approximate surface area is 156 Å². The Morgan fingerprint density at radius 2 is 2.00 bits per heavy atom. The van der Waals surface area contributed by atoms with Crippen molar-refractivity contribution in [3.63, 3.8) is 0 Å². The molecular weight excluding hydrogens is 342 g/mol. The lowest BCUT2D eigenvalue weighted by atomic mass is 10.1. The van der Waals surface area contributed by atoms with Crippen molar-refractivity contribution in [1.82, 2.24) is 10.3 Å². The van der Waals surface area contributed by atoms with Crippen LogP contribution < -0.4 is 10.6 Å². The molecule has 2 N–H and O–H groups in total. The van der Waals surface area contributed by atoms with Crippen LogP contribution in [0.3, 0.4) is 0 Å². The summed E-state index contributed by atoms with van der Waals surface area (Å²) >= 11 is 1.55. The van der Waals surface area contributed by atoms with Gasteiger partial charge in [-0.25, -0.2) is 4.98 Å². The van der Waals surface area contributed by atoms with Gasteiger partial charge in [0, 0.05) is 23.2 Å². The molecule has 2 fully saturated rings. The van der Waals surface area contributed by atoms with Crippen molar-refractivity contribution in [2.75, 3.05) is 11.9 Å². The Balaban J connectivity index is 1.21. The fourth-order valence-electron chi connectivity index (χ4n) is 3.44. The number of benzene rings is 2. The predicted octanol–water partition coefficient (Wildman–Crippen LogP) is 4.40. The molecule has 5 rings (SSSR count). The van der Waals surface area contributed by atoms with E-state index in [1.54, 1.807) is 16.8 Å². The first-order valence-corrected chi connectivity index (χ1v) is 10.1. The molecule has 0 saturated heterocycles. The summed E-state index contributed by atoms with van der Waals surface area (Å²) in [4.78, 5) is 16.7. The molecule has 1 amide bonds. The number of carbonyl (C=O) groups excluding carboxylic acids is 1. The van der Waals surface area contributed by atoms with E-state index in [1.165, 1.54) is 31.4 Å². The lowest BCUT2D eigenvalue weighted by Crippen LogP contribution is -2.20. The highest BCUT2D eigenvalue weighted by molar-refractivity contribution is 7.16. The third-order valence-electron chi connectivity index (χ3n) is 5.35. The SMILES string of the molecule is O=C(Nc1ccc(C2CC2NCC2CC2)cc1)c1ccc2ncsc2c1. The third-order valence-corrected chi connectivity index (χ3v) is 6.14. The van der Waals surface area contributed by atoms with E-state index in [2.05, 4.69) is 27.8 Å². The van der Waals surface area contributed by atoms with Crippen molar-refractivity contribution in [2.24, 2.45) is 5.92 Å². The minimum atomic E-state index is -0.0801. The number of hydrogen-bond acceptors (Lipinski definition) is 4. The largest absolute Gasteiger partial charge is 0.322 e. The molecule has 1 aromatic heterocycles. The minimum Gasteiger partial charge on any atom is -0.322 e. The van der Waals surface area contributed by atoms with E-state index in [0.29, 0.717) is 17.5 Å². The smallest absolute Gasteiger partial charge is 0.255 e. The van der Waals surface area contributed by atoms with Crippen molar-refractivity contribution in [2.45, 2.75) is 31.2 Å². The number of thiazole rings is 1. The number of amides is 1. The molecule has 0 radical (unpaired) electrons. The molecule has 2 aromatic carbocycles. The standard InChI is InChI=1S/C21H21N3OS/c25-21(15-5-8-18-20(9-15)26-12-23-18)24-16-6-3-14(4-7-16)17-10-19(17)22-11-13-1-2-13/h3-9,12-13,17,19,22H,1-2,10-11H2,(H,24,25).